The lowest BCUT2D eigenvalue weighted by atomic mass is 10.1. The number of hydrogen-bond donors (Lipinski definition) is 2. The number of amides is 1. The minimum Gasteiger partial charge on any atom is -0.480 e. The van der Waals surface area contributed by atoms with Gasteiger partial charge in [-0.15, -0.1) is 0 Å². The SMILES string of the molecule is O=C(N[C@@H](Cc1ccc(Cl)cc1Cl)C(=O)O)c1cccnc1. The average molecular weight is 339 g/mol. The van der Waals surface area contributed by atoms with Crippen molar-refractivity contribution in [1.82, 2.24) is 10.3 Å². The van der Waals surface area contributed by atoms with Gasteiger partial charge in [0.05, 0.1) is 5.56 Å². The van der Waals surface area contributed by atoms with E-state index >= 15 is 0 Å². The Morgan fingerprint density at radius 2 is 2.05 bits per heavy atom. The Bertz CT molecular complexity index is 692. The smallest absolute Gasteiger partial charge is 0.326 e. The summed E-state index contributed by atoms with van der Waals surface area (Å²) in [5.41, 5.74) is 0.876. The Morgan fingerprint density at radius 3 is 2.64 bits per heavy atom. The number of carbonyl (C=O) groups excluding carboxylic acids is 1. The van der Waals surface area contributed by atoms with Crippen LogP contribution in [0.4, 0.5) is 0 Å². The molecule has 0 aliphatic carbocycles. The Balaban J connectivity index is 2.14. The second kappa shape index (κ2) is 7.24. The van der Waals surface area contributed by atoms with Crippen LogP contribution >= 0.6 is 23.2 Å². The summed E-state index contributed by atoms with van der Waals surface area (Å²) in [4.78, 5) is 27.2. The highest BCUT2D eigenvalue weighted by Crippen LogP contribution is 2.22. The number of carboxylic acid groups (broad SMARTS) is 1. The van der Waals surface area contributed by atoms with Crippen molar-refractivity contribution in [3.63, 3.8) is 0 Å². The van der Waals surface area contributed by atoms with Crippen LogP contribution in [0, 0.1) is 0 Å². The fourth-order valence-electron chi connectivity index (χ4n) is 1.85. The number of nitrogens with one attached hydrogen (secondary N) is 1. The van der Waals surface area contributed by atoms with Gasteiger partial charge in [0.2, 0.25) is 0 Å². The first-order chi connectivity index (χ1) is 10.5. The van der Waals surface area contributed by atoms with Crippen LogP contribution in [0.25, 0.3) is 0 Å². The van der Waals surface area contributed by atoms with Gasteiger partial charge in [0, 0.05) is 28.9 Å². The molecule has 1 heterocycles. The number of carboxylic acids is 1. The molecule has 0 unspecified atom stereocenters. The van der Waals surface area contributed by atoms with Gasteiger partial charge in [-0.05, 0) is 29.8 Å². The van der Waals surface area contributed by atoms with Crippen LogP contribution in [0.1, 0.15) is 15.9 Å². The zero-order valence-corrected chi connectivity index (χ0v) is 12.8. The molecular weight excluding hydrogens is 327 g/mol. The molecule has 0 saturated heterocycles. The van der Waals surface area contributed by atoms with E-state index in [4.69, 9.17) is 23.2 Å². The predicted molar refractivity (Wildman–Crippen MR) is 83.3 cm³/mol. The molecule has 1 aromatic carbocycles. The van der Waals surface area contributed by atoms with E-state index in [1.54, 1.807) is 24.3 Å². The van der Waals surface area contributed by atoms with Gasteiger partial charge in [0.25, 0.3) is 5.91 Å². The van der Waals surface area contributed by atoms with Gasteiger partial charge in [-0.25, -0.2) is 4.79 Å². The topological polar surface area (TPSA) is 79.3 Å². The molecule has 7 heteroatoms. The zero-order chi connectivity index (χ0) is 16.1. The lowest BCUT2D eigenvalue weighted by Crippen LogP contribution is -2.42. The van der Waals surface area contributed by atoms with Gasteiger partial charge in [-0.2, -0.15) is 0 Å². The highest BCUT2D eigenvalue weighted by Gasteiger charge is 2.22. The first kappa shape index (κ1) is 16.3. The summed E-state index contributed by atoms with van der Waals surface area (Å²) >= 11 is 11.8. The third kappa shape index (κ3) is 4.19. The van der Waals surface area contributed by atoms with Gasteiger partial charge in [-0.1, -0.05) is 29.3 Å². The molecule has 0 radical (unpaired) electrons. The van der Waals surface area contributed by atoms with Crippen molar-refractivity contribution in [2.45, 2.75) is 12.5 Å². The summed E-state index contributed by atoms with van der Waals surface area (Å²) in [6.07, 6.45) is 2.94. The Hall–Kier alpha value is -2.11. The van der Waals surface area contributed by atoms with Gasteiger partial charge in [-0.3, -0.25) is 9.78 Å². The first-order valence-electron chi connectivity index (χ1n) is 6.35. The Kier molecular flexibility index (Phi) is 5.35. The molecule has 0 fully saturated rings. The second-order valence-corrected chi connectivity index (χ2v) is 5.39. The molecule has 0 aliphatic rings. The molecule has 5 nitrogen and oxygen atoms in total. The molecule has 2 aromatic rings. The number of halogens is 2. The summed E-state index contributed by atoms with van der Waals surface area (Å²) in [5.74, 6) is -1.66. The molecule has 22 heavy (non-hydrogen) atoms. The van der Waals surface area contributed by atoms with Crippen LogP contribution in [0.5, 0.6) is 0 Å². The second-order valence-electron chi connectivity index (χ2n) is 4.55. The molecule has 1 amide bonds. The molecule has 2 rings (SSSR count). The number of aromatic nitrogens is 1. The Morgan fingerprint density at radius 1 is 1.27 bits per heavy atom. The number of pyridine rings is 1. The van der Waals surface area contributed by atoms with Gasteiger partial charge >= 0.3 is 5.97 Å². The molecule has 0 saturated carbocycles. The molecule has 0 bridgehead atoms. The molecule has 2 N–H and O–H groups in total. The number of rotatable bonds is 5. The lowest BCUT2D eigenvalue weighted by molar-refractivity contribution is -0.139. The van der Waals surface area contributed by atoms with E-state index in [2.05, 4.69) is 10.3 Å². The highest BCUT2D eigenvalue weighted by molar-refractivity contribution is 6.35. The van der Waals surface area contributed by atoms with Gasteiger partial charge < -0.3 is 10.4 Å². The van der Waals surface area contributed by atoms with E-state index < -0.39 is 17.9 Å². The maximum absolute atomic E-state index is 12.0. The number of nitrogens with zero attached hydrogens (tertiary/aromatic N) is 1. The maximum Gasteiger partial charge on any atom is 0.326 e. The summed E-state index contributed by atoms with van der Waals surface area (Å²) < 4.78 is 0. The molecular formula is C15H12Cl2N2O3. The number of hydrogen-bond acceptors (Lipinski definition) is 3. The van der Waals surface area contributed by atoms with E-state index in [0.29, 0.717) is 15.6 Å². The van der Waals surface area contributed by atoms with Crippen LogP contribution in [-0.4, -0.2) is 28.0 Å². The third-order valence-electron chi connectivity index (χ3n) is 2.97. The molecule has 1 aromatic heterocycles. The molecule has 0 spiro atoms. The minimum absolute atomic E-state index is 0.0529. The van der Waals surface area contributed by atoms with Crippen LogP contribution in [0.2, 0.25) is 10.0 Å². The first-order valence-corrected chi connectivity index (χ1v) is 7.10. The van der Waals surface area contributed by atoms with E-state index in [9.17, 15) is 14.7 Å². The van der Waals surface area contributed by atoms with Crippen molar-refractivity contribution >= 4 is 35.1 Å². The fourth-order valence-corrected chi connectivity index (χ4v) is 2.33. The normalized spacial score (nSPS) is 11.7. The number of aliphatic carboxylic acids is 1. The van der Waals surface area contributed by atoms with Crippen molar-refractivity contribution in [2.24, 2.45) is 0 Å². The van der Waals surface area contributed by atoms with E-state index in [1.165, 1.54) is 18.5 Å². The summed E-state index contributed by atoms with van der Waals surface area (Å²) in [7, 11) is 0. The van der Waals surface area contributed by atoms with Gasteiger partial charge in [0.15, 0.2) is 0 Å². The zero-order valence-electron chi connectivity index (χ0n) is 11.3. The fraction of sp³-hybridized carbons (Fsp3) is 0.133. The van der Waals surface area contributed by atoms with Crippen LogP contribution in [0.3, 0.4) is 0 Å². The predicted octanol–water partition coefficient (Wildman–Crippen LogP) is 2.81. The Labute approximate surface area is 136 Å². The number of carbonyl (C=O) groups is 2. The highest BCUT2D eigenvalue weighted by atomic mass is 35.5. The van der Waals surface area contributed by atoms with E-state index in [1.807, 2.05) is 0 Å². The van der Waals surface area contributed by atoms with Gasteiger partial charge in [0.1, 0.15) is 6.04 Å². The average Bonchev–Trinajstić information content (AvgIpc) is 2.49. The molecule has 1 atom stereocenters. The minimum atomic E-state index is -1.15. The van der Waals surface area contributed by atoms with E-state index in [0.717, 1.165) is 0 Å². The van der Waals surface area contributed by atoms with Crippen LogP contribution < -0.4 is 5.32 Å². The van der Waals surface area contributed by atoms with Crippen LogP contribution in [0.15, 0.2) is 42.7 Å². The van der Waals surface area contributed by atoms with Crippen molar-refractivity contribution in [1.29, 1.82) is 0 Å². The largest absolute Gasteiger partial charge is 0.480 e. The van der Waals surface area contributed by atoms with Crippen molar-refractivity contribution in [3.05, 3.63) is 63.9 Å². The molecule has 0 aliphatic heterocycles. The summed E-state index contributed by atoms with van der Waals surface area (Å²) in [6.45, 7) is 0. The van der Waals surface area contributed by atoms with Crippen molar-refractivity contribution in [3.8, 4) is 0 Å². The van der Waals surface area contributed by atoms with E-state index in [-0.39, 0.29) is 12.0 Å². The maximum atomic E-state index is 12.0. The van der Waals surface area contributed by atoms with Crippen molar-refractivity contribution < 1.29 is 14.7 Å². The standard InChI is InChI=1S/C15H12Cl2N2O3/c16-11-4-3-9(12(17)7-11)6-13(15(21)22)19-14(20)10-2-1-5-18-8-10/h1-5,7-8,13H,6H2,(H,19,20)(H,21,22)/t13-/m0/s1. The number of benzene rings is 1. The summed E-state index contributed by atoms with van der Waals surface area (Å²) in [6, 6.07) is 6.82. The monoisotopic (exact) mass is 338 g/mol. The lowest BCUT2D eigenvalue weighted by Gasteiger charge is -2.15. The summed E-state index contributed by atoms with van der Waals surface area (Å²) in [5, 5.41) is 12.5. The molecule has 114 valence electrons. The van der Waals surface area contributed by atoms with Crippen LogP contribution in [-0.2, 0) is 11.2 Å². The third-order valence-corrected chi connectivity index (χ3v) is 3.55. The quantitative estimate of drug-likeness (QED) is 0.878. The van der Waals surface area contributed by atoms with Crippen molar-refractivity contribution in [2.75, 3.05) is 0 Å².